The maximum atomic E-state index is 12.7. The number of hydrogen-bond donors (Lipinski definition) is 3. The summed E-state index contributed by atoms with van der Waals surface area (Å²) in [6.07, 6.45) is 1.03. The van der Waals surface area contributed by atoms with Gasteiger partial charge in [-0.15, -0.1) is 0 Å². The van der Waals surface area contributed by atoms with Gasteiger partial charge in [-0.3, -0.25) is 4.79 Å². The van der Waals surface area contributed by atoms with Crippen molar-refractivity contribution < 1.29 is 33.8 Å². The number of nitrogens with one attached hydrogen (secondary N) is 2. The van der Waals surface area contributed by atoms with E-state index in [1.54, 1.807) is 24.3 Å². The molecule has 9 nitrogen and oxygen atoms in total. The van der Waals surface area contributed by atoms with E-state index in [9.17, 15) is 19.2 Å². The summed E-state index contributed by atoms with van der Waals surface area (Å²) in [7, 11) is 1.23. The number of hydrogen-bond acceptors (Lipinski definition) is 6. The molecule has 0 saturated heterocycles. The van der Waals surface area contributed by atoms with Crippen LogP contribution < -0.4 is 10.6 Å². The topological polar surface area (TPSA) is 131 Å². The molecule has 0 heterocycles. The molecule has 0 bridgehead atoms. The maximum absolute atomic E-state index is 12.7. The third kappa shape index (κ3) is 6.25. The summed E-state index contributed by atoms with van der Waals surface area (Å²) in [4.78, 5) is 47.3. The molecule has 0 spiro atoms. The van der Waals surface area contributed by atoms with E-state index in [4.69, 9.17) is 14.6 Å². The second-order valence-electron chi connectivity index (χ2n) is 8.61. The Bertz CT molecular complexity index is 1340. The molecule has 4 rings (SSSR count). The van der Waals surface area contributed by atoms with Crippen LogP contribution in [0.3, 0.4) is 0 Å². The van der Waals surface area contributed by atoms with Gasteiger partial charge in [0, 0.05) is 30.2 Å². The number of aliphatic carboxylic acids is 1. The molecule has 1 atom stereocenters. The van der Waals surface area contributed by atoms with Gasteiger partial charge in [-0.2, -0.15) is 0 Å². The molecule has 1 aliphatic rings. The van der Waals surface area contributed by atoms with Crippen LogP contribution in [0.25, 0.3) is 11.1 Å². The van der Waals surface area contributed by atoms with Gasteiger partial charge < -0.3 is 25.2 Å². The molecule has 3 N–H and O–H groups in total. The van der Waals surface area contributed by atoms with Crippen LogP contribution in [-0.4, -0.2) is 48.8 Å². The monoisotopic (exact) mass is 514 g/mol. The predicted octanol–water partition coefficient (Wildman–Crippen LogP) is 3.89. The van der Waals surface area contributed by atoms with Gasteiger partial charge in [0.25, 0.3) is 0 Å². The van der Waals surface area contributed by atoms with E-state index in [1.165, 1.54) is 7.11 Å². The number of rotatable bonds is 9. The molecule has 194 valence electrons. The van der Waals surface area contributed by atoms with Crippen molar-refractivity contribution in [2.24, 2.45) is 0 Å². The fourth-order valence-electron chi connectivity index (χ4n) is 4.41. The third-order valence-corrected chi connectivity index (χ3v) is 6.16. The van der Waals surface area contributed by atoms with E-state index in [1.807, 2.05) is 48.5 Å². The standard InChI is InChI=1S/C29H26N2O7/c1-37-28(35)25(16-18-10-12-19(13-11-18)30-26(32)14-15-27(33)34)31-29(36)38-17-24-22-8-4-2-6-20(22)21-7-3-5-9-23(21)24/h2-15,24-25H,16-17H2,1H3,(H,30,32)(H,31,36)(H,33,34)/t25-/m0/s1. The lowest BCUT2D eigenvalue weighted by atomic mass is 9.98. The van der Waals surface area contributed by atoms with Crippen molar-refractivity contribution in [2.45, 2.75) is 18.4 Å². The van der Waals surface area contributed by atoms with Crippen LogP contribution in [0, 0.1) is 0 Å². The maximum Gasteiger partial charge on any atom is 0.407 e. The Hall–Kier alpha value is -4.92. The van der Waals surface area contributed by atoms with Gasteiger partial charge >= 0.3 is 18.0 Å². The Morgan fingerprint density at radius 3 is 2.08 bits per heavy atom. The zero-order valence-corrected chi connectivity index (χ0v) is 20.5. The number of ether oxygens (including phenoxy) is 2. The summed E-state index contributed by atoms with van der Waals surface area (Å²) >= 11 is 0. The lowest BCUT2D eigenvalue weighted by Gasteiger charge is -2.19. The van der Waals surface area contributed by atoms with Crippen LogP contribution in [0.1, 0.15) is 22.6 Å². The zero-order chi connectivity index (χ0) is 27.1. The fourth-order valence-corrected chi connectivity index (χ4v) is 4.41. The van der Waals surface area contributed by atoms with Crippen LogP contribution >= 0.6 is 0 Å². The molecule has 3 aromatic rings. The molecule has 0 saturated carbocycles. The van der Waals surface area contributed by atoms with Crippen LogP contribution in [-0.2, 0) is 30.3 Å². The molecule has 0 fully saturated rings. The number of carboxylic acids is 1. The second-order valence-corrected chi connectivity index (χ2v) is 8.61. The van der Waals surface area contributed by atoms with Gasteiger partial charge in [-0.25, -0.2) is 14.4 Å². The minimum Gasteiger partial charge on any atom is -0.478 e. The summed E-state index contributed by atoms with van der Waals surface area (Å²) in [6.45, 7) is 0.110. The largest absolute Gasteiger partial charge is 0.478 e. The van der Waals surface area contributed by atoms with Gasteiger partial charge in [0.15, 0.2) is 0 Å². The summed E-state index contributed by atoms with van der Waals surface area (Å²) < 4.78 is 10.4. The highest BCUT2D eigenvalue weighted by atomic mass is 16.6. The van der Waals surface area contributed by atoms with Crippen molar-refractivity contribution in [1.29, 1.82) is 0 Å². The number of alkyl carbamates (subject to hydrolysis) is 1. The van der Waals surface area contributed by atoms with E-state index in [-0.39, 0.29) is 18.9 Å². The number of fused-ring (bicyclic) bond motifs is 3. The smallest absolute Gasteiger partial charge is 0.407 e. The second kappa shape index (κ2) is 11.9. The summed E-state index contributed by atoms with van der Waals surface area (Å²) in [5.41, 5.74) is 5.52. The summed E-state index contributed by atoms with van der Waals surface area (Å²) in [5.74, 6) is -2.56. The summed E-state index contributed by atoms with van der Waals surface area (Å²) in [6, 6.07) is 21.5. The van der Waals surface area contributed by atoms with E-state index in [2.05, 4.69) is 10.6 Å². The van der Waals surface area contributed by atoms with Crippen LogP contribution in [0.2, 0.25) is 0 Å². The Balaban J connectivity index is 1.37. The minimum absolute atomic E-state index is 0.110. The average molecular weight is 515 g/mol. The molecule has 1 aliphatic carbocycles. The number of carboxylic acid groups (broad SMARTS) is 1. The van der Waals surface area contributed by atoms with E-state index < -0.39 is 30.0 Å². The van der Waals surface area contributed by atoms with Gasteiger partial charge in [0.1, 0.15) is 12.6 Å². The van der Waals surface area contributed by atoms with Crippen molar-refractivity contribution in [3.05, 3.63) is 102 Å². The molecule has 0 aromatic heterocycles. The number of benzene rings is 3. The van der Waals surface area contributed by atoms with Crippen LogP contribution in [0.4, 0.5) is 10.5 Å². The molecule has 0 radical (unpaired) electrons. The molecule has 2 amide bonds. The molecule has 9 heteroatoms. The first-order valence-corrected chi connectivity index (χ1v) is 11.9. The van der Waals surface area contributed by atoms with Crippen LogP contribution in [0.15, 0.2) is 84.9 Å². The third-order valence-electron chi connectivity index (χ3n) is 6.16. The van der Waals surface area contributed by atoms with Crippen molar-refractivity contribution in [3.8, 4) is 11.1 Å². The first-order chi connectivity index (χ1) is 18.4. The Kier molecular flexibility index (Phi) is 8.17. The Morgan fingerprint density at radius 1 is 0.895 bits per heavy atom. The lowest BCUT2D eigenvalue weighted by Crippen LogP contribution is -2.43. The van der Waals surface area contributed by atoms with Crippen molar-refractivity contribution >= 4 is 29.6 Å². The predicted molar refractivity (Wildman–Crippen MR) is 140 cm³/mol. The molecule has 3 aromatic carbocycles. The zero-order valence-electron chi connectivity index (χ0n) is 20.5. The van der Waals surface area contributed by atoms with E-state index in [0.717, 1.165) is 34.4 Å². The molecule has 38 heavy (non-hydrogen) atoms. The van der Waals surface area contributed by atoms with Crippen molar-refractivity contribution in [2.75, 3.05) is 19.0 Å². The molecular formula is C29H26N2O7. The quantitative estimate of drug-likeness (QED) is 0.292. The number of methoxy groups -OCH3 is 1. The van der Waals surface area contributed by atoms with Crippen molar-refractivity contribution in [1.82, 2.24) is 5.32 Å². The number of amides is 2. The first kappa shape index (κ1) is 26.2. The highest BCUT2D eigenvalue weighted by Gasteiger charge is 2.30. The first-order valence-electron chi connectivity index (χ1n) is 11.9. The van der Waals surface area contributed by atoms with Crippen LogP contribution in [0.5, 0.6) is 0 Å². The average Bonchev–Trinajstić information content (AvgIpc) is 3.24. The Morgan fingerprint density at radius 2 is 1.50 bits per heavy atom. The summed E-state index contributed by atoms with van der Waals surface area (Å²) in [5, 5.41) is 13.7. The van der Waals surface area contributed by atoms with Gasteiger partial charge in [-0.05, 0) is 39.9 Å². The number of anilines is 1. The normalized spacial score (nSPS) is 12.8. The highest BCUT2D eigenvalue weighted by molar-refractivity contribution is 6.02. The molecule has 0 unspecified atom stereocenters. The van der Waals surface area contributed by atoms with Gasteiger partial charge in [-0.1, -0.05) is 60.7 Å². The van der Waals surface area contributed by atoms with E-state index in [0.29, 0.717) is 11.3 Å². The SMILES string of the molecule is COC(=O)[C@H](Cc1ccc(NC(=O)C=CC(=O)O)cc1)NC(=O)OCC1c2ccccc2-c2ccccc21. The van der Waals surface area contributed by atoms with Gasteiger partial charge in [0.05, 0.1) is 7.11 Å². The van der Waals surface area contributed by atoms with Gasteiger partial charge in [0.2, 0.25) is 5.91 Å². The van der Waals surface area contributed by atoms with Crippen molar-refractivity contribution in [3.63, 3.8) is 0 Å². The highest BCUT2D eigenvalue weighted by Crippen LogP contribution is 2.44. The Labute approximate surface area is 219 Å². The minimum atomic E-state index is -1.23. The number of esters is 1. The lowest BCUT2D eigenvalue weighted by molar-refractivity contribution is -0.143. The van der Waals surface area contributed by atoms with E-state index >= 15 is 0 Å². The fraction of sp³-hybridized carbons (Fsp3) is 0.172. The molecular weight excluding hydrogens is 488 g/mol. The number of carbonyl (C=O) groups is 4. The number of carbonyl (C=O) groups excluding carboxylic acids is 3. The molecule has 0 aliphatic heterocycles.